The van der Waals surface area contributed by atoms with E-state index < -0.39 is 26.5 Å². The van der Waals surface area contributed by atoms with Crippen molar-refractivity contribution in [1.29, 1.82) is 0 Å². The van der Waals surface area contributed by atoms with Gasteiger partial charge < -0.3 is 18.9 Å². The highest BCUT2D eigenvalue weighted by atomic mass is 31.2. The number of hydrogen-bond donors (Lipinski definition) is 1. The number of carbonyl (C=O) groups excluding carboxylic acids is 2. The molecule has 1 unspecified atom stereocenters. The van der Waals surface area contributed by atoms with Gasteiger partial charge in [0.15, 0.2) is 6.10 Å². The van der Waals surface area contributed by atoms with E-state index in [0.29, 0.717) is 17.4 Å². The topological polar surface area (TPSA) is 108 Å². The molecule has 1 N–H and O–H groups in total. The predicted octanol–water partition coefficient (Wildman–Crippen LogP) is 8.85. The second-order valence-corrected chi connectivity index (χ2v) is 14.4. The molecule has 0 radical (unpaired) electrons. The van der Waals surface area contributed by atoms with E-state index in [1.165, 1.54) is 38.5 Å². The van der Waals surface area contributed by atoms with E-state index in [9.17, 15) is 19.0 Å². The summed E-state index contributed by atoms with van der Waals surface area (Å²) in [4.78, 5) is 34.9. The Morgan fingerprint density at radius 2 is 1.20 bits per heavy atom. The molecule has 0 spiro atoms. The Morgan fingerprint density at radius 1 is 0.689 bits per heavy atom. The lowest BCUT2D eigenvalue weighted by Gasteiger charge is -2.24. The second-order valence-electron chi connectivity index (χ2n) is 12.9. The summed E-state index contributed by atoms with van der Waals surface area (Å²) in [7, 11) is 1.46. The molecule has 0 rings (SSSR count). The van der Waals surface area contributed by atoms with Crippen molar-refractivity contribution in [3.63, 3.8) is 0 Å². The minimum absolute atomic E-state index is 0.0296. The number of quaternary nitrogens is 1. The van der Waals surface area contributed by atoms with Crippen molar-refractivity contribution in [2.45, 2.75) is 142 Å². The molecule has 0 saturated carbocycles. The monoisotopic (exact) mass is 660 g/mol. The van der Waals surface area contributed by atoms with Crippen LogP contribution in [0.4, 0.5) is 0 Å². The molecule has 0 heterocycles. The maximum atomic E-state index is 12.5. The van der Waals surface area contributed by atoms with Crippen LogP contribution < -0.4 is 0 Å². The molecule has 45 heavy (non-hydrogen) atoms. The highest BCUT2D eigenvalue weighted by Crippen LogP contribution is 2.43. The van der Waals surface area contributed by atoms with Crippen LogP contribution in [0.25, 0.3) is 0 Å². The summed E-state index contributed by atoms with van der Waals surface area (Å²) in [5.41, 5.74) is 0. The van der Waals surface area contributed by atoms with Crippen molar-refractivity contribution in [2.75, 3.05) is 47.5 Å². The first kappa shape index (κ1) is 43.5. The van der Waals surface area contributed by atoms with Gasteiger partial charge in [0.25, 0.3) is 0 Å². The number of rotatable bonds is 31. The molecule has 0 aliphatic heterocycles. The lowest BCUT2D eigenvalue weighted by Crippen LogP contribution is -2.37. The van der Waals surface area contributed by atoms with Gasteiger partial charge in [-0.15, -0.1) is 0 Å². The van der Waals surface area contributed by atoms with Crippen LogP contribution in [-0.2, 0) is 32.7 Å². The van der Waals surface area contributed by atoms with Crippen molar-refractivity contribution in [1.82, 2.24) is 0 Å². The normalized spacial score (nSPS) is 14.2. The van der Waals surface area contributed by atoms with Crippen molar-refractivity contribution >= 4 is 19.8 Å². The molecule has 0 aliphatic carbocycles. The number of likely N-dealkylation sites (N-methyl/N-ethyl adjacent to an activating group) is 1. The summed E-state index contributed by atoms with van der Waals surface area (Å²) >= 11 is 0. The number of phosphoric acid groups is 1. The summed E-state index contributed by atoms with van der Waals surface area (Å²) in [6, 6.07) is 0. The van der Waals surface area contributed by atoms with Gasteiger partial charge in [0.1, 0.15) is 19.8 Å². The molecule has 0 aromatic carbocycles. The number of unbranched alkanes of at least 4 members (excludes halogenated alkanes) is 13. The standard InChI is InChI=1S/C35H66NO8P/c1-6-8-10-12-14-15-16-17-18-19-20-21-22-24-26-28-35(38)44-33(31-41-34(37)27-25-23-13-11-9-7-2)32-43-45(39,40)42-30-29-36(3,4)5/h14-15,17-18,33H,6-13,16,19-32H2,1-5H3/p+1/b15-14+,18-17-/t33-/m1/s1. The molecular weight excluding hydrogens is 593 g/mol. The zero-order valence-corrected chi connectivity index (χ0v) is 30.2. The summed E-state index contributed by atoms with van der Waals surface area (Å²) in [5, 5.41) is 0. The van der Waals surface area contributed by atoms with Gasteiger partial charge >= 0.3 is 19.8 Å². The Bertz CT molecular complexity index is 840. The number of ether oxygens (including phenoxy) is 2. The van der Waals surface area contributed by atoms with Gasteiger partial charge in [-0.25, -0.2) is 4.57 Å². The average molecular weight is 661 g/mol. The van der Waals surface area contributed by atoms with E-state index in [0.717, 1.165) is 64.2 Å². The molecule has 0 aromatic heterocycles. The SMILES string of the molecule is CCCCC/C=C/C/C=C\CCCCCCCC(=O)O[C@H](COC(=O)CCCCCCCC)COP(=O)(O)OCC[N+](C)(C)C. The Labute approximate surface area is 275 Å². The van der Waals surface area contributed by atoms with Crippen LogP contribution in [0.5, 0.6) is 0 Å². The predicted molar refractivity (Wildman–Crippen MR) is 183 cm³/mol. The fourth-order valence-electron chi connectivity index (χ4n) is 4.39. The molecule has 2 atom stereocenters. The molecule has 0 amide bonds. The third-order valence-electron chi connectivity index (χ3n) is 7.23. The summed E-state index contributed by atoms with van der Waals surface area (Å²) in [6.07, 6.45) is 26.8. The Hall–Kier alpha value is -1.51. The molecule has 0 saturated heterocycles. The van der Waals surface area contributed by atoms with E-state index >= 15 is 0 Å². The van der Waals surface area contributed by atoms with Crippen molar-refractivity contribution in [2.24, 2.45) is 0 Å². The first-order valence-electron chi connectivity index (χ1n) is 17.6. The number of allylic oxidation sites excluding steroid dienone is 4. The fourth-order valence-corrected chi connectivity index (χ4v) is 5.14. The molecular formula is C35H67NO8P+. The van der Waals surface area contributed by atoms with Crippen LogP contribution in [0.3, 0.4) is 0 Å². The first-order valence-corrected chi connectivity index (χ1v) is 19.1. The van der Waals surface area contributed by atoms with Crippen molar-refractivity contribution in [3.05, 3.63) is 24.3 Å². The quantitative estimate of drug-likeness (QED) is 0.0258. The third-order valence-corrected chi connectivity index (χ3v) is 8.22. The molecule has 0 bridgehead atoms. The Kier molecular flexibility index (Phi) is 27.7. The van der Waals surface area contributed by atoms with E-state index in [2.05, 4.69) is 38.2 Å². The van der Waals surface area contributed by atoms with Gasteiger partial charge in [0.2, 0.25) is 0 Å². The minimum Gasteiger partial charge on any atom is -0.462 e. The van der Waals surface area contributed by atoms with Crippen LogP contribution >= 0.6 is 7.82 Å². The Balaban J connectivity index is 4.44. The fraction of sp³-hybridized carbons (Fsp3) is 0.829. The zero-order valence-electron chi connectivity index (χ0n) is 29.3. The number of nitrogens with zero attached hydrogens (tertiary/aromatic N) is 1. The second kappa shape index (κ2) is 28.7. The highest BCUT2D eigenvalue weighted by molar-refractivity contribution is 7.47. The maximum Gasteiger partial charge on any atom is 0.472 e. The van der Waals surface area contributed by atoms with Crippen LogP contribution in [0, 0.1) is 0 Å². The van der Waals surface area contributed by atoms with Crippen LogP contribution in [0.1, 0.15) is 136 Å². The number of phosphoric ester groups is 1. The molecule has 0 aromatic rings. The molecule has 0 aliphatic rings. The van der Waals surface area contributed by atoms with E-state index in [1.807, 2.05) is 21.1 Å². The van der Waals surface area contributed by atoms with Crippen molar-refractivity contribution in [3.8, 4) is 0 Å². The van der Waals surface area contributed by atoms with E-state index in [-0.39, 0.29) is 32.0 Å². The zero-order chi connectivity index (χ0) is 33.7. The summed E-state index contributed by atoms with van der Waals surface area (Å²) in [5.74, 6) is -0.827. The molecule has 9 nitrogen and oxygen atoms in total. The number of carbonyl (C=O) groups is 2. The maximum absolute atomic E-state index is 12.5. The smallest absolute Gasteiger partial charge is 0.462 e. The van der Waals surface area contributed by atoms with Gasteiger partial charge in [-0.3, -0.25) is 18.6 Å². The van der Waals surface area contributed by atoms with Gasteiger partial charge in [0, 0.05) is 12.8 Å². The van der Waals surface area contributed by atoms with Crippen molar-refractivity contribution < 1.29 is 42.1 Å². The minimum atomic E-state index is -4.36. The molecule has 264 valence electrons. The van der Waals surface area contributed by atoms with E-state index in [4.69, 9.17) is 18.5 Å². The van der Waals surface area contributed by atoms with E-state index in [1.54, 1.807) is 0 Å². The average Bonchev–Trinajstić information content (AvgIpc) is 2.97. The molecule has 10 heteroatoms. The van der Waals surface area contributed by atoms with Gasteiger partial charge in [-0.05, 0) is 44.9 Å². The lowest BCUT2D eigenvalue weighted by molar-refractivity contribution is -0.870. The highest BCUT2D eigenvalue weighted by Gasteiger charge is 2.27. The van der Waals surface area contributed by atoms with Crippen LogP contribution in [-0.4, -0.2) is 74.9 Å². The number of esters is 2. The molecule has 0 fully saturated rings. The summed E-state index contributed by atoms with van der Waals surface area (Å²) < 4.78 is 33.9. The third kappa shape index (κ3) is 32.2. The van der Waals surface area contributed by atoms with Gasteiger partial charge in [-0.2, -0.15) is 0 Å². The first-order chi connectivity index (χ1) is 21.5. The lowest BCUT2D eigenvalue weighted by atomic mass is 10.1. The largest absolute Gasteiger partial charge is 0.472 e. The van der Waals surface area contributed by atoms with Crippen LogP contribution in [0.2, 0.25) is 0 Å². The van der Waals surface area contributed by atoms with Gasteiger partial charge in [0.05, 0.1) is 27.7 Å². The number of hydrogen-bond acceptors (Lipinski definition) is 7. The van der Waals surface area contributed by atoms with Crippen LogP contribution in [0.15, 0.2) is 24.3 Å². The van der Waals surface area contributed by atoms with Gasteiger partial charge in [-0.1, -0.05) is 102 Å². The Morgan fingerprint density at radius 3 is 1.80 bits per heavy atom. The summed E-state index contributed by atoms with van der Waals surface area (Å²) in [6.45, 7) is 4.28.